The van der Waals surface area contributed by atoms with Crippen LogP contribution in [0.1, 0.15) is 16.7 Å². The van der Waals surface area contributed by atoms with Gasteiger partial charge in [-0.1, -0.05) is 24.3 Å². The number of pyridine rings is 1. The van der Waals surface area contributed by atoms with Crippen LogP contribution >= 0.6 is 0 Å². The van der Waals surface area contributed by atoms with E-state index in [1.807, 2.05) is 43.3 Å². The third kappa shape index (κ3) is 5.45. The van der Waals surface area contributed by atoms with Crippen LogP contribution in [0.25, 0.3) is 0 Å². The van der Waals surface area contributed by atoms with E-state index in [9.17, 15) is 22.8 Å². The van der Waals surface area contributed by atoms with E-state index in [1.54, 1.807) is 0 Å². The number of amides is 1. The molecule has 1 amide bonds. The van der Waals surface area contributed by atoms with Gasteiger partial charge in [0.1, 0.15) is 6.54 Å². The van der Waals surface area contributed by atoms with Crippen LogP contribution in [0.3, 0.4) is 0 Å². The Kier molecular flexibility index (Phi) is 6.20. The molecule has 0 aliphatic carbocycles. The van der Waals surface area contributed by atoms with Gasteiger partial charge in [0.15, 0.2) is 0 Å². The number of halogens is 3. The molecule has 1 N–H and O–H groups in total. The summed E-state index contributed by atoms with van der Waals surface area (Å²) in [4.78, 5) is 25.8. The van der Waals surface area contributed by atoms with Crippen molar-refractivity contribution in [3.05, 3.63) is 69.6 Å². The van der Waals surface area contributed by atoms with Gasteiger partial charge in [-0.2, -0.15) is 13.2 Å². The summed E-state index contributed by atoms with van der Waals surface area (Å²) in [6.45, 7) is 0.453. The van der Waals surface area contributed by atoms with Crippen molar-refractivity contribution in [3.63, 3.8) is 0 Å². The van der Waals surface area contributed by atoms with Gasteiger partial charge in [0.05, 0.1) is 5.56 Å². The van der Waals surface area contributed by atoms with E-state index in [1.165, 1.54) is 0 Å². The van der Waals surface area contributed by atoms with Crippen LogP contribution in [0.4, 0.5) is 13.2 Å². The Morgan fingerprint density at radius 3 is 2.38 bits per heavy atom. The number of carbonyl (C=O) groups is 1. The molecule has 0 aliphatic heterocycles. The molecule has 0 saturated heterocycles. The van der Waals surface area contributed by atoms with Gasteiger partial charge >= 0.3 is 6.18 Å². The number of nitrogens with zero attached hydrogens (tertiary/aromatic N) is 2. The van der Waals surface area contributed by atoms with Gasteiger partial charge in [0, 0.05) is 25.4 Å². The number of aromatic nitrogens is 1. The largest absolute Gasteiger partial charge is 0.417 e. The average molecular weight is 367 g/mol. The maximum Gasteiger partial charge on any atom is 0.417 e. The minimum Gasteiger partial charge on any atom is -0.350 e. The number of alkyl halides is 3. The van der Waals surface area contributed by atoms with Crippen LogP contribution in [0, 0.1) is 0 Å². The first-order valence-corrected chi connectivity index (χ1v) is 7.92. The third-order valence-corrected chi connectivity index (χ3v) is 3.71. The number of benzene rings is 1. The molecule has 0 fully saturated rings. The Morgan fingerprint density at radius 1 is 1.12 bits per heavy atom. The first-order chi connectivity index (χ1) is 12.2. The van der Waals surface area contributed by atoms with E-state index in [0.717, 1.165) is 21.8 Å². The molecule has 0 saturated carbocycles. The van der Waals surface area contributed by atoms with E-state index >= 15 is 0 Å². The van der Waals surface area contributed by atoms with Crippen LogP contribution in [-0.4, -0.2) is 29.5 Å². The summed E-state index contributed by atoms with van der Waals surface area (Å²) >= 11 is 0. The van der Waals surface area contributed by atoms with Crippen LogP contribution < -0.4 is 10.9 Å². The van der Waals surface area contributed by atoms with Crippen molar-refractivity contribution in [2.45, 2.75) is 25.8 Å². The molecule has 0 bridgehead atoms. The molecule has 5 nitrogen and oxygen atoms in total. The van der Waals surface area contributed by atoms with E-state index in [0.29, 0.717) is 18.8 Å². The van der Waals surface area contributed by atoms with Gasteiger partial charge in [0.2, 0.25) is 5.91 Å². The average Bonchev–Trinajstić information content (AvgIpc) is 2.54. The summed E-state index contributed by atoms with van der Waals surface area (Å²) in [5.74, 6) is -0.536. The maximum absolute atomic E-state index is 12.7. The van der Waals surface area contributed by atoms with Crippen LogP contribution in [0.5, 0.6) is 0 Å². The lowest BCUT2D eigenvalue weighted by atomic mass is 10.1. The third-order valence-electron chi connectivity index (χ3n) is 3.71. The summed E-state index contributed by atoms with van der Waals surface area (Å²) in [7, 11) is 3.85. The van der Waals surface area contributed by atoms with Gasteiger partial charge in [-0.05, 0) is 31.3 Å². The van der Waals surface area contributed by atoms with E-state index in [-0.39, 0.29) is 6.54 Å². The number of hydrogen-bond donors (Lipinski definition) is 1. The Labute approximate surface area is 149 Å². The fraction of sp³-hybridized carbons (Fsp3) is 0.333. The SMILES string of the molecule is CN(C)Cc1ccccc1CNC(=O)Cn1cc(C(F)(F)F)ccc1=O. The first kappa shape index (κ1) is 19.7. The standard InChI is InChI=1S/C18H20F3N3O2/c1-23(2)10-14-6-4-3-5-13(14)9-22-16(25)12-24-11-15(18(19,20)21)7-8-17(24)26/h3-8,11H,9-10,12H2,1-2H3,(H,22,25). The van der Waals surface area contributed by atoms with Crippen molar-refractivity contribution in [1.82, 2.24) is 14.8 Å². The molecule has 1 aromatic heterocycles. The molecular formula is C18H20F3N3O2. The molecule has 0 radical (unpaired) electrons. The molecule has 0 atom stereocenters. The normalized spacial score (nSPS) is 11.6. The van der Waals surface area contributed by atoms with Crippen molar-refractivity contribution in [2.75, 3.05) is 14.1 Å². The molecule has 1 heterocycles. The highest BCUT2D eigenvalue weighted by molar-refractivity contribution is 5.75. The summed E-state index contributed by atoms with van der Waals surface area (Å²) in [6.07, 6.45) is -3.92. The first-order valence-electron chi connectivity index (χ1n) is 7.92. The topological polar surface area (TPSA) is 54.3 Å². The summed E-state index contributed by atoms with van der Waals surface area (Å²) in [5.41, 5.74) is 0.308. The Balaban J connectivity index is 2.06. The maximum atomic E-state index is 12.7. The van der Waals surface area contributed by atoms with Gasteiger partial charge in [0.25, 0.3) is 5.56 Å². The lowest BCUT2D eigenvalue weighted by Gasteiger charge is -2.15. The van der Waals surface area contributed by atoms with E-state index < -0.39 is 29.8 Å². The van der Waals surface area contributed by atoms with Crippen molar-refractivity contribution < 1.29 is 18.0 Å². The molecule has 8 heteroatoms. The van der Waals surface area contributed by atoms with Gasteiger partial charge in [-0.15, -0.1) is 0 Å². The molecule has 1 aromatic carbocycles. The molecule has 26 heavy (non-hydrogen) atoms. The highest BCUT2D eigenvalue weighted by Crippen LogP contribution is 2.27. The number of hydrogen-bond acceptors (Lipinski definition) is 3. The predicted molar refractivity (Wildman–Crippen MR) is 91.4 cm³/mol. The number of nitrogens with one attached hydrogen (secondary N) is 1. The zero-order valence-electron chi connectivity index (χ0n) is 14.5. The highest BCUT2D eigenvalue weighted by atomic mass is 19.4. The van der Waals surface area contributed by atoms with Crippen molar-refractivity contribution in [2.24, 2.45) is 0 Å². The molecule has 2 rings (SSSR count). The number of carbonyl (C=O) groups excluding carboxylic acids is 1. The lowest BCUT2D eigenvalue weighted by molar-refractivity contribution is -0.138. The van der Waals surface area contributed by atoms with E-state index in [2.05, 4.69) is 5.32 Å². The quantitative estimate of drug-likeness (QED) is 0.852. The zero-order chi connectivity index (χ0) is 19.3. The molecule has 0 spiro atoms. The highest BCUT2D eigenvalue weighted by Gasteiger charge is 2.31. The lowest BCUT2D eigenvalue weighted by Crippen LogP contribution is -2.32. The Morgan fingerprint density at radius 2 is 1.77 bits per heavy atom. The summed E-state index contributed by atoms with van der Waals surface area (Å²) in [6, 6.07) is 9.06. The molecule has 0 aliphatic rings. The zero-order valence-corrected chi connectivity index (χ0v) is 14.5. The van der Waals surface area contributed by atoms with Gasteiger partial charge in [-0.25, -0.2) is 0 Å². The monoisotopic (exact) mass is 367 g/mol. The van der Waals surface area contributed by atoms with Crippen LogP contribution in [-0.2, 0) is 30.6 Å². The van der Waals surface area contributed by atoms with Crippen LogP contribution in [0.15, 0.2) is 47.4 Å². The Bertz CT molecular complexity index is 829. The smallest absolute Gasteiger partial charge is 0.350 e. The fourth-order valence-electron chi connectivity index (χ4n) is 2.45. The van der Waals surface area contributed by atoms with Crippen molar-refractivity contribution in [1.29, 1.82) is 0 Å². The van der Waals surface area contributed by atoms with E-state index in [4.69, 9.17) is 0 Å². The second-order valence-electron chi connectivity index (χ2n) is 6.16. The van der Waals surface area contributed by atoms with Gasteiger partial charge in [-0.3, -0.25) is 9.59 Å². The molecule has 0 unspecified atom stereocenters. The second kappa shape index (κ2) is 8.18. The van der Waals surface area contributed by atoms with Crippen molar-refractivity contribution >= 4 is 5.91 Å². The number of rotatable bonds is 6. The second-order valence-corrected chi connectivity index (χ2v) is 6.16. The summed E-state index contributed by atoms with van der Waals surface area (Å²) in [5, 5.41) is 2.65. The minimum absolute atomic E-state index is 0.233. The van der Waals surface area contributed by atoms with Crippen molar-refractivity contribution in [3.8, 4) is 0 Å². The minimum atomic E-state index is -4.57. The molecule has 140 valence electrons. The predicted octanol–water partition coefficient (Wildman–Crippen LogP) is 2.25. The molecule has 2 aromatic rings. The Hall–Kier alpha value is -2.61. The summed E-state index contributed by atoms with van der Waals surface area (Å²) < 4.78 is 39.0. The van der Waals surface area contributed by atoms with Crippen LogP contribution in [0.2, 0.25) is 0 Å². The fourth-order valence-corrected chi connectivity index (χ4v) is 2.45. The molecular weight excluding hydrogens is 347 g/mol. The van der Waals surface area contributed by atoms with Gasteiger partial charge < -0.3 is 14.8 Å².